The SMILES string of the molecule is CCCC(NC(=O)Cc1cc(F)cc(F)c1)C(=O)Nc1ncn(C(C)(C)CN2CCCC2)c1C(F)(F)F. The third-order valence-corrected chi connectivity index (χ3v) is 6.26. The molecule has 7 nitrogen and oxygen atoms in total. The van der Waals surface area contributed by atoms with E-state index in [-0.39, 0.29) is 12.0 Å². The minimum Gasteiger partial charge on any atom is -0.344 e. The lowest BCUT2D eigenvalue weighted by atomic mass is 10.0. The summed E-state index contributed by atoms with van der Waals surface area (Å²) >= 11 is 0. The number of anilines is 1. The number of amides is 2. The summed E-state index contributed by atoms with van der Waals surface area (Å²) in [4.78, 5) is 31.4. The molecular formula is C25H32F5N5O2. The smallest absolute Gasteiger partial charge is 0.344 e. The van der Waals surface area contributed by atoms with E-state index in [1.807, 2.05) is 0 Å². The van der Waals surface area contributed by atoms with Crippen LogP contribution in [-0.4, -0.2) is 51.9 Å². The molecule has 1 aromatic carbocycles. The van der Waals surface area contributed by atoms with E-state index in [1.165, 1.54) is 0 Å². The highest BCUT2D eigenvalue weighted by Crippen LogP contribution is 2.38. The molecule has 1 fully saturated rings. The third-order valence-electron chi connectivity index (χ3n) is 6.26. The van der Waals surface area contributed by atoms with E-state index in [0.717, 1.165) is 49.0 Å². The Hall–Kier alpha value is -3.02. The van der Waals surface area contributed by atoms with E-state index >= 15 is 0 Å². The van der Waals surface area contributed by atoms with Gasteiger partial charge in [0.25, 0.3) is 0 Å². The van der Waals surface area contributed by atoms with Gasteiger partial charge < -0.3 is 20.1 Å². The van der Waals surface area contributed by atoms with Gasteiger partial charge in [-0.1, -0.05) is 13.3 Å². The number of rotatable bonds is 10. The van der Waals surface area contributed by atoms with Crippen molar-refractivity contribution in [3.63, 3.8) is 0 Å². The van der Waals surface area contributed by atoms with Crippen LogP contribution in [0.15, 0.2) is 24.5 Å². The summed E-state index contributed by atoms with van der Waals surface area (Å²) in [6.45, 7) is 7.11. The quantitative estimate of drug-likeness (QED) is 0.445. The molecule has 1 aliphatic heterocycles. The molecule has 1 aliphatic rings. The van der Waals surface area contributed by atoms with E-state index in [2.05, 4.69) is 20.5 Å². The van der Waals surface area contributed by atoms with E-state index in [9.17, 15) is 31.5 Å². The lowest BCUT2D eigenvalue weighted by Gasteiger charge is -2.33. The number of imidazole rings is 1. The van der Waals surface area contributed by atoms with Gasteiger partial charge in [-0.3, -0.25) is 9.59 Å². The average molecular weight is 530 g/mol. The lowest BCUT2D eigenvalue weighted by Crippen LogP contribution is -2.45. The van der Waals surface area contributed by atoms with Crippen molar-refractivity contribution in [3.05, 3.63) is 47.4 Å². The molecular weight excluding hydrogens is 497 g/mol. The van der Waals surface area contributed by atoms with Crippen LogP contribution in [0.4, 0.5) is 27.8 Å². The number of alkyl halides is 3. The average Bonchev–Trinajstić information content (AvgIpc) is 3.42. The second-order valence-corrected chi connectivity index (χ2v) is 9.96. The number of benzene rings is 1. The van der Waals surface area contributed by atoms with E-state index in [4.69, 9.17) is 0 Å². The van der Waals surface area contributed by atoms with Crippen molar-refractivity contribution in [2.45, 2.75) is 70.6 Å². The maximum atomic E-state index is 14.1. The predicted molar refractivity (Wildman–Crippen MR) is 128 cm³/mol. The molecule has 3 rings (SSSR count). The van der Waals surface area contributed by atoms with Gasteiger partial charge in [0.2, 0.25) is 11.8 Å². The summed E-state index contributed by atoms with van der Waals surface area (Å²) in [7, 11) is 0. The Morgan fingerprint density at radius 2 is 1.70 bits per heavy atom. The molecule has 12 heteroatoms. The molecule has 1 atom stereocenters. The fourth-order valence-corrected chi connectivity index (χ4v) is 4.64. The first-order valence-electron chi connectivity index (χ1n) is 12.2. The zero-order chi connectivity index (χ0) is 27.4. The summed E-state index contributed by atoms with van der Waals surface area (Å²) in [5.41, 5.74) is -1.98. The standard InChI is InChI=1S/C25H32F5N5O2/c1-4-7-19(32-20(36)12-16-10-17(26)13-18(27)11-16)23(37)33-22-21(25(28,29)30)35(15-31-22)24(2,3)14-34-8-5-6-9-34/h10-11,13,15,19H,4-9,12,14H2,1-3H3,(H,32,36)(H,33,37). The highest BCUT2D eigenvalue weighted by Gasteiger charge is 2.43. The molecule has 1 saturated heterocycles. The topological polar surface area (TPSA) is 79.3 Å². The predicted octanol–water partition coefficient (Wildman–Crippen LogP) is 4.48. The molecule has 2 N–H and O–H groups in total. The molecule has 2 heterocycles. The van der Waals surface area contributed by atoms with Crippen molar-refractivity contribution in [1.29, 1.82) is 0 Å². The van der Waals surface area contributed by atoms with Gasteiger partial charge in [-0.25, -0.2) is 13.8 Å². The molecule has 0 spiro atoms. The van der Waals surface area contributed by atoms with Crippen LogP contribution in [0.1, 0.15) is 57.7 Å². The Morgan fingerprint density at radius 3 is 2.27 bits per heavy atom. The van der Waals surface area contributed by atoms with Gasteiger partial charge in [0.15, 0.2) is 11.5 Å². The van der Waals surface area contributed by atoms with E-state index < -0.39 is 59.1 Å². The molecule has 0 aliphatic carbocycles. The Labute approximate surface area is 212 Å². The van der Waals surface area contributed by atoms with Crippen molar-refractivity contribution in [2.24, 2.45) is 0 Å². The van der Waals surface area contributed by atoms with Crippen LogP contribution in [0.25, 0.3) is 0 Å². The second-order valence-electron chi connectivity index (χ2n) is 9.96. The number of hydrogen-bond acceptors (Lipinski definition) is 4. The highest BCUT2D eigenvalue weighted by atomic mass is 19.4. The normalized spacial score (nSPS) is 15.6. The third kappa shape index (κ3) is 7.50. The minimum absolute atomic E-state index is 0.0593. The van der Waals surface area contributed by atoms with Gasteiger partial charge in [0.05, 0.1) is 18.3 Å². The largest absolute Gasteiger partial charge is 0.435 e. The van der Waals surface area contributed by atoms with Crippen LogP contribution in [0.5, 0.6) is 0 Å². The van der Waals surface area contributed by atoms with Crippen molar-refractivity contribution in [3.8, 4) is 0 Å². The number of halogens is 5. The molecule has 1 aromatic heterocycles. The molecule has 0 radical (unpaired) electrons. The van der Waals surface area contributed by atoms with E-state index in [1.54, 1.807) is 20.8 Å². The van der Waals surface area contributed by atoms with Crippen molar-refractivity contribution in [2.75, 3.05) is 25.0 Å². The number of aromatic nitrogens is 2. The zero-order valence-corrected chi connectivity index (χ0v) is 21.1. The first kappa shape index (κ1) is 28.5. The molecule has 204 valence electrons. The second kappa shape index (κ2) is 11.6. The van der Waals surface area contributed by atoms with Crippen molar-refractivity contribution < 1.29 is 31.5 Å². The minimum atomic E-state index is -4.80. The molecule has 37 heavy (non-hydrogen) atoms. The molecule has 0 bridgehead atoms. The van der Waals surface area contributed by atoms with Gasteiger partial charge >= 0.3 is 6.18 Å². The van der Waals surface area contributed by atoms with Crippen molar-refractivity contribution >= 4 is 17.6 Å². The summed E-state index contributed by atoms with van der Waals surface area (Å²) < 4.78 is 70.3. The summed E-state index contributed by atoms with van der Waals surface area (Å²) in [5, 5.41) is 4.69. The van der Waals surface area contributed by atoms with Crippen LogP contribution < -0.4 is 10.6 Å². The number of likely N-dealkylation sites (tertiary alicyclic amines) is 1. The summed E-state index contributed by atoms with van der Waals surface area (Å²) in [6.07, 6.45) is -1.58. The summed E-state index contributed by atoms with van der Waals surface area (Å²) in [5.74, 6) is -3.92. The van der Waals surface area contributed by atoms with Gasteiger partial charge in [-0.15, -0.1) is 0 Å². The lowest BCUT2D eigenvalue weighted by molar-refractivity contribution is -0.145. The maximum Gasteiger partial charge on any atom is 0.435 e. The van der Waals surface area contributed by atoms with Gasteiger partial charge in [0.1, 0.15) is 17.7 Å². The fourth-order valence-electron chi connectivity index (χ4n) is 4.64. The first-order valence-corrected chi connectivity index (χ1v) is 12.2. The molecule has 0 saturated carbocycles. The zero-order valence-electron chi connectivity index (χ0n) is 21.1. The Morgan fingerprint density at radius 1 is 1.08 bits per heavy atom. The van der Waals surface area contributed by atoms with Crippen LogP contribution in [-0.2, 0) is 27.7 Å². The number of hydrogen-bond donors (Lipinski definition) is 2. The van der Waals surface area contributed by atoms with E-state index in [0.29, 0.717) is 19.0 Å². The molecule has 2 aromatic rings. The Balaban J connectivity index is 1.77. The van der Waals surface area contributed by atoms with Crippen molar-refractivity contribution in [1.82, 2.24) is 19.8 Å². The van der Waals surface area contributed by atoms with Crippen LogP contribution in [0, 0.1) is 11.6 Å². The molecule has 1 unspecified atom stereocenters. The Bertz CT molecular complexity index is 1090. The fraction of sp³-hybridized carbons (Fsp3) is 0.560. The number of nitrogens with zero attached hydrogens (tertiary/aromatic N) is 3. The van der Waals surface area contributed by atoms with Gasteiger partial charge in [0, 0.05) is 12.6 Å². The highest BCUT2D eigenvalue weighted by molar-refractivity contribution is 5.97. The number of nitrogens with one attached hydrogen (secondary N) is 2. The monoisotopic (exact) mass is 529 g/mol. The first-order chi connectivity index (χ1) is 17.3. The summed E-state index contributed by atoms with van der Waals surface area (Å²) in [6, 6.07) is 1.48. The number of carbonyl (C=O) groups excluding carboxylic acids is 2. The van der Waals surface area contributed by atoms with Gasteiger partial charge in [-0.2, -0.15) is 13.2 Å². The Kier molecular flexibility index (Phi) is 8.93. The van der Waals surface area contributed by atoms with Crippen LogP contribution >= 0.6 is 0 Å². The maximum absolute atomic E-state index is 14.1. The van der Waals surface area contributed by atoms with Crippen LogP contribution in [0.3, 0.4) is 0 Å². The molecule has 2 amide bonds. The van der Waals surface area contributed by atoms with Crippen LogP contribution in [0.2, 0.25) is 0 Å². The van der Waals surface area contributed by atoms with Gasteiger partial charge in [-0.05, 0) is 63.9 Å². The number of carbonyl (C=O) groups is 2.